The monoisotopic (exact) mass is 398 g/mol. The van der Waals surface area contributed by atoms with E-state index < -0.39 is 0 Å². The summed E-state index contributed by atoms with van der Waals surface area (Å²) >= 11 is 12.4. The number of nitrogens with zero attached hydrogens (tertiary/aromatic N) is 2. The lowest BCUT2D eigenvalue weighted by Gasteiger charge is -2.21. The zero-order valence-electron chi connectivity index (χ0n) is 14.4. The molecule has 2 aromatic carbocycles. The molecule has 136 valence electrons. The molecule has 0 bridgehead atoms. The van der Waals surface area contributed by atoms with Crippen LogP contribution in [0.4, 0.5) is 5.69 Å². The van der Waals surface area contributed by atoms with Crippen LogP contribution in [0.25, 0.3) is 5.57 Å². The Hall–Kier alpha value is -2.56. The van der Waals surface area contributed by atoms with Gasteiger partial charge in [-0.25, -0.2) is 0 Å². The van der Waals surface area contributed by atoms with Gasteiger partial charge in [0.15, 0.2) is 0 Å². The second-order valence-corrected chi connectivity index (χ2v) is 7.23. The number of carbonyl (C=O) groups excluding carboxylic acids is 2. The molecule has 2 heterocycles. The fraction of sp³-hybridized carbons (Fsp3) is 0.143. The molecule has 2 aromatic rings. The maximum atomic E-state index is 13.2. The molecule has 0 fully saturated rings. The van der Waals surface area contributed by atoms with Gasteiger partial charge in [-0.2, -0.15) is 0 Å². The molecule has 6 heteroatoms. The van der Waals surface area contributed by atoms with E-state index in [2.05, 4.69) is 6.58 Å². The fourth-order valence-corrected chi connectivity index (χ4v) is 4.12. The summed E-state index contributed by atoms with van der Waals surface area (Å²) in [7, 11) is 0. The second-order valence-electron chi connectivity index (χ2n) is 6.39. The Bertz CT molecular complexity index is 1010. The Balaban J connectivity index is 1.92. The van der Waals surface area contributed by atoms with Gasteiger partial charge in [-0.05, 0) is 30.2 Å². The van der Waals surface area contributed by atoms with Gasteiger partial charge in [-0.15, -0.1) is 6.58 Å². The van der Waals surface area contributed by atoms with Crippen molar-refractivity contribution >= 4 is 46.3 Å². The van der Waals surface area contributed by atoms with Gasteiger partial charge in [0, 0.05) is 29.4 Å². The highest BCUT2D eigenvalue weighted by molar-refractivity contribution is 6.41. The first-order chi connectivity index (χ1) is 13.0. The van der Waals surface area contributed by atoms with E-state index in [0.29, 0.717) is 33.4 Å². The first-order valence-electron chi connectivity index (χ1n) is 8.55. The van der Waals surface area contributed by atoms with Crippen LogP contribution in [-0.2, 0) is 16.0 Å². The summed E-state index contributed by atoms with van der Waals surface area (Å²) in [5.74, 6) is -0.707. The van der Waals surface area contributed by atoms with Gasteiger partial charge >= 0.3 is 0 Å². The van der Waals surface area contributed by atoms with E-state index >= 15 is 0 Å². The Kier molecular flexibility index (Phi) is 4.54. The zero-order valence-corrected chi connectivity index (χ0v) is 15.9. The molecule has 0 unspecified atom stereocenters. The minimum absolute atomic E-state index is 0.144. The molecular weight excluding hydrogens is 383 g/mol. The van der Waals surface area contributed by atoms with Gasteiger partial charge in [-0.1, -0.05) is 53.5 Å². The summed E-state index contributed by atoms with van der Waals surface area (Å²) in [4.78, 5) is 29.4. The number of fused-ring (bicyclic) bond motifs is 1. The largest absolute Gasteiger partial charge is 0.336 e. The number of carbonyl (C=O) groups is 2. The van der Waals surface area contributed by atoms with E-state index in [1.807, 2.05) is 29.2 Å². The topological polar surface area (TPSA) is 40.6 Å². The lowest BCUT2D eigenvalue weighted by atomic mass is 10.0. The number of imide groups is 1. The standard InChI is InChI=1S/C21H16Cl2N2O2/c1-2-10-25-20(26)18(15-8-7-14(22)12-16(15)23)19(21(25)27)24-11-9-13-5-3-4-6-17(13)24/h2-8,12H,1,9-11H2. The molecule has 0 N–H and O–H groups in total. The fourth-order valence-electron chi connectivity index (χ4n) is 3.61. The number of halogens is 2. The molecule has 2 aliphatic rings. The van der Waals surface area contributed by atoms with Crippen molar-refractivity contribution in [2.45, 2.75) is 6.42 Å². The Morgan fingerprint density at radius 1 is 1.07 bits per heavy atom. The Labute approximate surface area is 167 Å². The van der Waals surface area contributed by atoms with Crippen LogP contribution in [-0.4, -0.2) is 29.8 Å². The van der Waals surface area contributed by atoms with Crippen molar-refractivity contribution < 1.29 is 9.59 Å². The molecule has 0 saturated heterocycles. The maximum Gasteiger partial charge on any atom is 0.278 e. The molecule has 0 aliphatic carbocycles. The summed E-state index contributed by atoms with van der Waals surface area (Å²) < 4.78 is 0. The lowest BCUT2D eigenvalue weighted by molar-refractivity contribution is -0.136. The quantitative estimate of drug-likeness (QED) is 0.568. The number of anilines is 1. The van der Waals surface area contributed by atoms with Crippen molar-refractivity contribution in [2.75, 3.05) is 18.0 Å². The molecular formula is C21H16Cl2N2O2. The zero-order chi connectivity index (χ0) is 19.1. The average molecular weight is 399 g/mol. The van der Waals surface area contributed by atoms with Crippen LogP contribution in [0, 0.1) is 0 Å². The highest BCUT2D eigenvalue weighted by atomic mass is 35.5. The number of hydrogen-bond acceptors (Lipinski definition) is 3. The van der Waals surface area contributed by atoms with Gasteiger partial charge in [0.2, 0.25) is 0 Å². The second kappa shape index (κ2) is 6.87. The third kappa shape index (κ3) is 2.85. The number of amides is 2. The van der Waals surface area contributed by atoms with Crippen LogP contribution < -0.4 is 4.90 Å². The highest BCUT2D eigenvalue weighted by Gasteiger charge is 2.43. The van der Waals surface area contributed by atoms with Crippen LogP contribution in [0.15, 0.2) is 60.8 Å². The van der Waals surface area contributed by atoms with Crippen molar-refractivity contribution in [1.29, 1.82) is 0 Å². The normalized spacial score (nSPS) is 16.4. The smallest absolute Gasteiger partial charge is 0.278 e. The Morgan fingerprint density at radius 2 is 1.85 bits per heavy atom. The summed E-state index contributed by atoms with van der Waals surface area (Å²) in [5, 5.41) is 0.807. The SMILES string of the molecule is C=CCN1C(=O)C(c2ccc(Cl)cc2Cl)=C(N2CCc3ccccc32)C1=O. The Morgan fingerprint density at radius 3 is 2.59 bits per heavy atom. The molecule has 0 aromatic heterocycles. The number of para-hydroxylation sites is 1. The number of rotatable bonds is 4. The van der Waals surface area contributed by atoms with Crippen LogP contribution in [0.1, 0.15) is 11.1 Å². The molecule has 0 atom stereocenters. The van der Waals surface area contributed by atoms with Crippen molar-refractivity contribution in [1.82, 2.24) is 4.90 Å². The lowest BCUT2D eigenvalue weighted by Crippen LogP contribution is -2.34. The van der Waals surface area contributed by atoms with Crippen LogP contribution >= 0.6 is 23.2 Å². The van der Waals surface area contributed by atoms with E-state index in [1.165, 1.54) is 11.0 Å². The summed E-state index contributed by atoms with van der Waals surface area (Å²) in [6, 6.07) is 12.8. The molecule has 27 heavy (non-hydrogen) atoms. The van der Waals surface area contributed by atoms with Crippen LogP contribution in [0.3, 0.4) is 0 Å². The number of hydrogen-bond donors (Lipinski definition) is 0. The van der Waals surface area contributed by atoms with E-state index in [9.17, 15) is 9.59 Å². The first-order valence-corrected chi connectivity index (χ1v) is 9.30. The van der Waals surface area contributed by atoms with E-state index in [4.69, 9.17) is 23.2 Å². The van der Waals surface area contributed by atoms with E-state index in [-0.39, 0.29) is 18.4 Å². The number of benzene rings is 2. The molecule has 4 nitrogen and oxygen atoms in total. The van der Waals surface area contributed by atoms with Gasteiger partial charge < -0.3 is 4.90 Å². The van der Waals surface area contributed by atoms with Crippen molar-refractivity contribution in [3.05, 3.63) is 82.0 Å². The van der Waals surface area contributed by atoms with Crippen LogP contribution in [0.5, 0.6) is 0 Å². The van der Waals surface area contributed by atoms with E-state index in [1.54, 1.807) is 18.2 Å². The molecule has 2 amide bonds. The maximum absolute atomic E-state index is 13.2. The van der Waals surface area contributed by atoms with Gasteiger partial charge in [0.1, 0.15) is 5.70 Å². The highest BCUT2D eigenvalue weighted by Crippen LogP contribution is 2.40. The van der Waals surface area contributed by atoms with Crippen molar-refractivity contribution in [3.63, 3.8) is 0 Å². The minimum atomic E-state index is -0.372. The molecule has 0 saturated carbocycles. The minimum Gasteiger partial charge on any atom is -0.336 e. The first kappa shape index (κ1) is 17.8. The molecule has 0 spiro atoms. The predicted molar refractivity (Wildman–Crippen MR) is 108 cm³/mol. The summed E-state index contributed by atoms with van der Waals surface area (Å²) in [5.41, 5.74) is 3.26. The third-order valence-electron chi connectivity index (χ3n) is 4.81. The molecule has 2 aliphatic heterocycles. The van der Waals surface area contributed by atoms with Gasteiger partial charge in [-0.3, -0.25) is 14.5 Å². The predicted octanol–water partition coefficient (Wildman–Crippen LogP) is 4.32. The van der Waals surface area contributed by atoms with Crippen LogP contribution in [0.2, 0.25) is 10.0 Å². The third-order valence-corrected chi connectivity index (χ3v) is 5.36. The van der Waals surface area contributed by atoms with Gasteiger partial charge in [0.05, 0.1) is 10.6 Å². The van der Waals surface area contributed by atoms with Crippen molar-refractivity contribution in [2.24, 2.45) is 0 Å². The van der Waals surface area contributed by atoms with Gasteiger partial charge in [0.25, 0.3) is 11.8 Å². The molecule has 4 rings (SSSR count). The summed E-state index contributed by atoms with van der Waals surface area (Å²) in [6.07, 6.45) is 2.35. The average Bonchev–Trinajstić information content (AvgIpc) is 3.16. The van der Waals surface area contributed by atoms with Crippen molar-refractivity contribution in [3.8, 4) is 0 Å². The molecule has 0 radical (unpaired) electrons. The summed E-state index contributed by atoms with van der Waals surface area (Å²) in [6.45, 7) is 4.43. The van der Waals surface area contributed by atoms with E-state index in [0.717, 1.165) is 17.7 Å².